The zero-order valence-corrected chi connectivity index (χ0v) is 9.82. The number of methoxy groups -OCH3 is 1. The molecule has 2 aliphatic heterocycles. The van der Waals surface area contributed by atoms with Crippen molar-refractivity contribution in [2.45, 2.75) is 19.4 Å². The average Bonchev–Trinajstić information content (AvgIpc) is 2.60. The van der Waals surface area contributed by atoms with Crippen LogP contribution in [0.1, 0.15) is 13.3 Å². The second-order valence-electron chi connectivity index (χ2n) is 5.09. The predicted octanol–water partition coefficient (Wildman–Crippen LogP) is 0.185. The Bertz CT molecular complexity index is 261. The largest absolute Gasteiger partial charge is 0.468 e. The smallest absolute Gasteiger partial charge is 0.322 e. The van der Waals surface area contributed by atoms with Gasteiger partial charge in [0.1, 0.15) is 6.04 Å². The van der Waals surface area contributed by atoms with E-state index in [0.29, 0.717) is 5.41 Å². The summed E-state index contributed by atoms with van der Waals surface area (Å²) < 4.78 is 4.77. The van der Waals surface area contributed by atoms with Crippen LogP contribution < -0.4 is 0 Å². The van der Waals surface area contributed by atoms with Gasteiger partial charge in [0, 0.05) is 25.0 Å². The Hall–Kier alpha value is -0.610. The first kappa shape index (κ1) is 10.9. The molecule has 0 amide bonds. The lowest BCUT2D eigenvalue weighted by molar-refractivity contribution is -0.146. The third kappa shape index (κ3) is 1.88. The Morgan fingerprint density at radius 2 is 2.07 bits per heavy atom. The molecule has 0 aromatic heterocycles. The lowest BCUT2D eigenvalue weighted by atomic mass is 9.79. The van der Waals surface area contributed by atoms with Crippen molar-refractivity contribution in [3.63, 3.8) is 0 Å². The number of nitrogens with zero attached hydrogens (tertiary/aromatic N) is 2. The second kappa shape index (κ2) is 3.76. The van der Waals surface area contributed by atoms with Gasteiger partial charge in [0.15, 0.2) is 0 Å². The highest BCUT2D eigenvalue weighted by atomic mass is 16.5. The normalized spacial score (nSPS) is 27.7. The maximum absolute atomic E-state index is 11.4. The van der Waals surface area contributed by atoms with E-state index in [1.54, 1.807) is 0 Å². The van der Waals surface area contributed by atoms with E-state index in [2.05, 4.69) is 16.8 Å². The summed E-state index contributed by atoms with van der Waals surface area (Å²) in [6.07, 6.45) is 1.22. The summed E-state index contributed by atoms with van der Waals surface area (Å²) in [4.78, 5) is 16.0. The Morgan fingerprint density at radius 1 is 1.40 bits per heavy atom. The number of esters is 1. The molecule has 4 heteroatoms. The van der Waals surface area contributed by atoms with Crippen LogP contribution in [0.3, 0.4) is 0 Å². The minimum Gasteiger partial charge on any atom is -0.468 e. The molecule has 2 heterocycles. The molecule has 86 valence electrons. The molecule has 0 saturated carbocycles. The highest BCUT2D eigenvalue weighted by molar-refractivity contribution is 5.75. The molecule has 2 aliphatic rings. The van der Waals surface area contributed by atoms with Gasteiger partial charge in [-0.25, -0.2) is 0 Å². The van der Waals surface area contributed by atoms with E-state index in [1.807, 2.05) is 6.92 Å². The lowest BCUT2D eigenvalue weighted by Crippen LogP contribution is -2.56. The highest BCUT2D eigenvalue weighted by Gasteiger charge is 2.47. The van der Waals surface area contributed by atoms with Gasteiger partial charge in [0.25, 0.3) is 0 Å². The standard InChI is InChI=1S/C11H20N2O2/c1-9(10(14)15-3)13-5-4-11(8-13)6-12(2)7-11/h9H,4-8H2,1-3H3. The molecule has 15 heavy (non-hydrogen) atoms. The van der Waals surface area contributed by atoms with Crippen LogP contribution in [0.5, 0.6) is 0 Å². The number of hydrogen-bond donors (Lipinski definition) is 0. The zero-order chi connectivity index (χ0) is 11.1. The van der Waals surface area contributed by atoms with Gasteiger partial charge in [0.05, 0.1) is 7.11 Å². The average molecular weight is 212 g/mol. The summed E-state index contributed by atoms with van der Waals surface area (Å²) in [6.45, 7) is 6.37. The molecule has 0 aliphatic carbocycles. The highest BCUT2D eigenvalue weighted by Crippen LogP contribution is 2.39. The fraction of sp³-hybridized carbons (Fsp3) is 0.909. The molecule has 0 aromatic rings. The Kier molecular flexibility index (Phi) is 2.73. The number of carbonyl (C=O) groups excluding carboxylic acids is 1. The van der Waals surface area contributed by atoms with Gasteiger partial charge in [0.2, 0.25) is 0 Å². The monoisotopic (exact) mass is 212 g/mol. The van der Waals surface area contributed by atoms with Crippen LogP contribution in [0, 0.1) is 5.41 Å². The Balaban J connectivity index is 1.90. The van der Waals surface area contributed by atoms with Crippen LogP contribution in [-0.2, 0) is 9.53 Å². The molecule has 0 aromatic carbocycles. The summed E-state index contributed by atoms with van der Waals surface area (Å²) >= 11 is 0. The van der Waals surface area contributed by atoms with Gasteiger partial charge in [-0.1, -0.05) is 0 Å². The fourth-order valence-corrected chi connectivity index (χ4v) is 2.98. The number of rotatable bonds is 2. The molecule has 1 unspecified atom stereocenters. The first-order valence-corrected chi connectivity index (χ1v) is 5.57. The topological polar surface area (TPSA) is 32.8 Å². The minimum absolute atomic E-state index is 0.0831. The van der Waals surface area contributed by atoms with Gasteiger partial charge >= 0.3 is 5.97 Å². The minimum atomic E-state index is -0.111. The van der Waals surface area contributed by atoms with Crippen molar-refractivity contribution in [1.29, 1.82) is 0 Å². The van der Waals surface area contributed by atoms with Crippen LogP contribution in [-0.4, -0.2) is 62.1 Å². The van der Waals surface area contributed by atoms with E-state index >= 15 is 0 Å². The van der Waals surface area contributed by atoms with Gasteiger partial charge in [-0.15, -0.1) is 0 Å². The molecule has 1 spiro atoms. The van der Waals surface area contributed by atoms with Gasteiger partial charge < -0.3 is 9.64 Å². The maximum atomic E-state index is 11.4. The summed E-state index contributed by atoms with van der Waals surface area (Å²) in [6, 6.07) is -0.0831. The van der Waals surface area contributed by atoms with Crippen LogP contribution in [0.15, 0.2) is 0 Å². The second-order valence-corrected chi connectivity index (χ2v) is 5.09. The van der Waals surface area contributed by atoms with E-state index in [9.17, 15) is 4.79 Å². The predicted molar refractivity (Wildman–Crippen MR) is 57.6 cm³/mol. The molecular weight excluding hydrogens is 192 g/mol. The van der Waals surface area contributed by atoms with Crippen molar-refractivity contribution in [3.8, 4) is 0 Å². The molecule has 2 saturated heterocycles. The zero-order valence-electron chi connectivity index (χ0n) is 9.82. The van der Waals surface area contributed by atoms with E-state index in [1.165, 1.54) is 26.6 Å². The summed E-state index contributed by atoms with van der Waals surface area (Å²) in [5, 5.41) is 0. The molecular formula is C11H20N2O2. The van der Waals surface area contributed by atoms with E-state index in [4.69, 9.17) is 4.74 Å². The number of ether oxygens (including phenoxy) is 1. The van der Waals surface area contributed by atoms with Crippen LogP contribution in [0.2, 0.25) is 0 Å². The SMILES string of the molecule is COC(=O)C(C)N1CCC2(CN(C)C2)C1. The van der Waals surface area contributed by atoms with E-state index in [-0.39, 0.29) is 12.0 Å². The number of hydrogen-bond acceptors (Lipinski definition) is 4. The van der Waals surface area contributed by atoms with Crippen LogP contribution in [0.25, 0.3) is 0 Å². The molecule has 0 bridgehead atoms. The van der Waals surface area contributed by atoms with Crippen molar-refractivity contribution in [1.82, 2.24) is 9.80 Å². The molecule has 2 fully saturated rings. The van der Waals surface area contributed by atoms with E-state index in [0.717, 1.165) is 13.1 Å². The molecule has 1 atom stereocenters. The fourth-order valence-electron chi connectivity index (χ4n) is 2.98. The lowest BCUT2D eigenvalue weighted by Gasteiger charge is -2.46. The summed E-state index contributed by atoms with van der Waals surface area (Å²) in [7, 11) is 3.61. The van der Waals surface area contributed by atoms with Gasteiger partial charge in [-0.3, -0.25) is 9.69 Å². The number of likely N-dealkylation sites (tertiary alicyclic amines) is 2. The molecule has 2 rings (SSSR count). The molecule has 4 nitrogen and oxygen atoms in total. The molecule has 0 N–H and O–H groups in total. The first-order chi connectivity index (χ1) is 7.06. The van der Waals surface area contributed by atoms with Crippen molar-refractivity contribution < 1.29 is 9.53 Å². The van der Waals surface area contributed by atoms with Crippen molar-refractivity contribution in [3.05, 3.63) is 0 Å². The third-order valence-electron chi connectivity index (χ3n) is 3.77. The summed E-state index contributed by atoms with van der Waals surface area (Å²) in [5.41, 5.74) is 0.469. The van der Waals surface area contributed by atoms with Crippen molar-refractivity contribution >= 4 is 5.97 Å². The molecule has 0 radical (unpaired) electrons. The first-order valence-electron chi connectivity index (χ1n) is 5.57. The quantitative estimate of drug-likeness (QED) is 0.612. The van der Waals surface area contributed by atoms with Gasteiger partial charge in [-0.2, -0.15) is 0 Å². The van der Waals surface area contributed by atoms with Crippen LogP contribution in [0.4, 0.5) is 0 Å². The van der Waals surface area contributed by atoms with Crippen LogP contribution >= 0.6 is 0 Å². The third-order valence-corrected chi connectivity index (χ3v) is 3.77. The maximum Gasteiger partial charge on any atom is 0.322 e. The van der Waals surface area contributed by atoms with Crippen molar-refractivity contribution in [2.24, 2.45) is 5.41 Å². The Morgan fingerprint density at radius 3 is 2.60 bits per heavy atom. The van der Waals surface area contributed by atoms with Gasteiger partial charge in [-0.05, 0) is 26.9 Å². The van der Waals surface area contributed by atoms with Crippen molar-refractivity contribution in [2.75, 3.05) is 40.3 Å². The number of carbonyl (C=O) groups is 1. The van der Waals surface area contributed by atoms with E-state index < -0.39 is 0 Å². The summed E-state index contributed by atoms with van der Waals surface area (Å²) in [5.74, 6) is -0.111. The Labute approximate surface area is 91.2 Å².